The Kier molecular flexibility index (Phi) is 17.8. The van der Waals surface area contributed by atoms with Crippen molar-refractivity contribution in [3.05, 3.63) is 0 Å². The summed E-state index contributed by atoms with van der Waals surface area (Å²) in [5, 5.41) is 9.03. The molecular formula is C16H35O2P. The first-order valence-corrected chi connectivity index (χ1v) is 8.74. The fourth-order valence-electron chi connectivity index (χ4n) is 2.11. The van der Waals surface area contributed by atoms with Gasteiger partial charge in [-0.25, -0.2) is 0 Å². The molecule has 2 nitrogen and oxygen atoms in total. The first kappa shape index (κ1) is 21.2. The Morgan fingerprint density at radius 2 is 1.42 bits per heavy atom. The lowest BCUT2D eigenvalue weighted by molar-refractivity contribution is -0.141. The molecule has 0 amide bonds. The van der Waals surface area contributed by atoms with Crippen LogP contribution in [0.15, 0.2) is 0 Å². The second-order valence-corrected chi connectivity index (χ2v) is 6.12. The van der Waals surface area contributed by atoms with Crippen molar-refractivity contribution in [1.82, 2.24) is 0 Å². The van der Waals surface area contributed by atoms with E-state index >= 15 is 0 Å². The number of rotatable bonds is 11. The summed E-state index contributed by atoms with van der Waals surface area (Å²) >= 11 is 0. The number of hydrogen-bond acceptors (Lipinski definition) is 1. The molecule has 0 aliphatic rings. The molecule has 0 radical (unpaired) electrons. The minimum Gasteiger partial charge on any atom is -0.481 e. The van der Waals surface area contributed by atoms with Crippen molar-refractivity contribution in [2.24, 2.45) is 5.92 Å². The van der Waals surface area contributed by atoms with Crippen LogP contribution in [0.5, 0.6) is 0 Å². The second kappa shape index (κ2) is 16.0. The Hall–Kier alpha value is -0.100. The molecule has 3 atom stereocenters. The molecule has 0 saturated heterocycles. The average Bonchev–Trinajstić information content (AvgIpc) is 2.38. The van der Waals surface area contributed by atoms with E-state index in [4.69, 9.17) is 5.11 Å². The molecule has 3 heteroatoms. The fraction of sp³-hybridized carbons (Fsp3) is 0.938. The number of unbranched alkanes of at least 4 members (excludes halogenated alkanes) is 7. The van der Waals surface area contributed by atoms with Crippen LogP contribution >= 0.6 is 9.24 Å². The van der Waals surface area contributed by atoms with Gasteiger partial charge in [-0.2, -0.15) is 0 Å². The molecule has 0 saturated carbocycles. The highest BCUT2D eigenvalue weighted by Crippen LogP contribution is 2.20. The Morgan fingerprint density at radius 1 is 1.00 bits per heavy atom. The standard InChI is InChI=1S/C14H29O2P.C2H6/c1-3-4-5-6-7-8-9-10-11-13(12(2)17)14(15)16;1-2/h12-13H,3-11,17H2,1-2H3,(H,15,16);1-2H3. The molecule has 0 fully saturated rings. The second-order valence-electron chi connectivity index (χ2n) is 5.07. The third kappa shape index (κ3) is 14.1. The van der Waals surface area contributed by atoms with E-state index in [1.54, 1.807) is 0 Å². The first-order chi connectivity index (χ1) is 9.09. The molecule has 116 valence electrons. The number of carbonyl (C=O) groups is 1. The van der Waals surface area contributed by atoms with Crippen molar-refractivity contribution >= 4 is 15.2 Å². The van der Waals surface area contributed by atoms with Gasteiger partial charge in [-0.1, -0.05) is 79.1 Å². The molecule has 3 unspecified atom stereocenters. The van der Waals surface area contributed by atoms with E-state index in [1.165, 1.54) is 44.9 Å². The monoisotopic (exact) mass is 290 g/mol. The third-order valence-electron chi connectivity index (χ3n) is 3.32. The number of carboxylic acids is 1. The highest BCUT2D eigenvalue weighted by molar-refractivity contribution is 7.17. The molecule has 0 aromatic heterocycles. The lowest BCUT2D eigenvalue weighted by atomic mass is 9.97. The highest BCUT2D eigenvalue weighted by Gasteiger charge is 2.20. The van der Waals surface area contributed by atoms with Gasteiger partial charge in [0.15, 0.2) is 0 Å². The Morgan fingerprint density at radius 3 is 1.79 bits per heavy atom. The predicted octanol–water partition coefficient (Wildman–Crippen LogP) is 5.51. The van der Waals surface area contributed by atoms with Gasteiger partial charge in [-0.3, -0.25) is 4.79 Å². The molecule has 0 aliphatic heterocycles. The van der Waals surface area contributed by atoms with Gasteiger partial charge in [0.2, 0.25) is 0 Å². The topological polar surface area (TPSA) is 37.3 Å². The van der Waals surface area contributed by atoms with Crippen LogP contribution in [-0.4, -0.2) is 16.7 Å². The molecule has 0 bridgehead atoms. The van der Waals surface area contributed by atoms with Gasteiger partial charge in [-0.15, -0.1) is 9.24 Å². The van der Waals surface area contributed by atoms with Crippen molar-refractivity contribution in [2.75, 3.05) is 0 Å². The largest absolute Gasteiger partial charge is 0.481 e. The normalized spacial score (nSPS) is 13.3. The van der Waals surface area contributed by atoms with E-state index in [0.29, 0.717) is 0 Å². The zero-order chi connectivity index (χ0) is 15.1. The zero-order valence-electron chi connectivity index (χ0n) is 13.5. The maximum absolute atomic E-state index is 11.0. The molecule has 1 N–H and O–H groups in total. The lowest BCUT2D eigenvalue weighted by Crippen LogP contribution is -2.21. The van der Waals surface area contributed by atoms with Gasteiger partial charge in [-0.05, 0) is 12.1 Å². The van der Waals surface area contributed by atoms with E-state index < -0.39 is 5.97 Å². The summed E-state index contributed by atoms with van der Waals surface area (Å²) < 4.78 is 0. The Labute approximate surface area is 123 Å². The van der Waals surface area contributed by atoms with Crippen LogP contribution in [0.3, 0.4) is 0 Å². The van der Waals surface area contributed by atoms with Crippen LogP contribution in [0, 0.1) is 5.92 Å². The quantitative estimate of drug-likeness (QED) is 0.402. The summed E-state index contributed by atoms with van der Waals surface area (Å²) in [6.45, 7) is 8.20. The minimum absolute atomic E-state index is 0.178. The van der Waals surface area contributed by atoms with Crippen molar-refractivity contribution < 1.29 is 9.90 Å². The van der Waals surface area contributed by atoms with Gasteiger partial charge in [0, 0.05) is 0 Å². The number of carboxylic acid groups (broad SMARTS) is 1. The first-order valence-electron chi connectivity index (χ1n) is 8.08. The lowest BCUT2D eigenvalue weighted by Gasteiger charge is -2.15. The summed E-state index contributed by atoms with van der Waals surface area (Å²) in [5.41, 5.74) is 0.178. The van der Waals surface area contributed by atoms with Crippen LogP contribution in [0.2, 0.25) is 0 Å². The van der Waals surface area contributed by atoms with Gasteiger partial charge in [0.25, 0.3) is 0 Å². The maximum Gasteiger partial charge on any atom is 0.307 e. The molecule has 0 aliphatic carbocycles. The summed E-state index contributed by atoms with van der Waals surface area (Å²) in [6.07, 6.45) is 11.0. The van der Waals surface area contributed by atoms with Crippen molar-refractivity contribution in [2.45, 2.75) is 91.1 Å². The molecule has 0 aromatic rings. The number of aliphatic carboxylic acids is 1. The van der Waals surface area contributed by atoms with E-state index in [-0.39, 0.29) is 11.6 Å². The van der Waals surface area contributed by atoms with Gasteiger partial charge in [0.05, 0.1) is 5.92 Å². The molecule has 0 heterocycles. The SMILES string of the molecule is CC.CCCCCCCCCCC(C(=O)O)C(C)P. The Balaban J connectivity index is 0. The van der Waals surface area contributed by atoms with Crippen molar-refractivity contribution in [3.63, 3.8) is 0 Å². The third-order valence-corrected chi connectivity index (χ3v) is 3.79. The smallest absolute Gasteiger partial charge is 0.307 e. The van der Waals surface area contributed by atoms with Crippen LogP contribution < -0.4 is 0 Å². The molecule has 0 spiro atoms. The Bertz CT molecular complexity index is 193. The van der Waals surface area contributed by atoms with Crippen molar-refractivity contribution in [3.8, 4) is 0 Å². The summed E-state index contributed by atoms with van der Waals surface area (Å²) in [6, 6.07) is 0. The molecule has 0 aromatic carbocycles. The highest BCUT2D eigenvalue weighted by atomic mass is 31.0. The van der Waals surface area contributed by atoms with Crippen LogP contribution in [-0.2, 0) is 4.79 Å². The summed E-state index contributed by atoms with van der Waals surface area (Å²) in [5.74, 6) is -0.824. The molecular weight excluding hydrogens is 255 g/mol. The van der Waals surface area contributed by atoms with E-state index in [1.807, 2.05) is 20.8 Å². The van der Waals surface area contributed by atoms with E-state index in [2.05, 4.69) is 16.2 Å². The average molecular weight is 290 g/mol. The van der Waals surface area contributed by atoms with Gasteiger partial charge < -0.3 is 5.11 Å². The van der Waals surface area contributed by atoms with Gasteiger partial charge >= 0.3 is 5.97 Å². The maximum atomic E-state index is 11.0. The minimum atomic E-state index is -0.643. The molecule has 19 heavy (non-hydrogen) atoms. The fourth-order valence-corrected chi connectivity index (χ4v) is 2.47. The van der Waals surface area contributed by atoms with E-state index in [9.17, 15) is 4.79 Å². The van der Waals surface area contributed by atoms with Gasteiger partial charge in [0.1, 0.15) is 0 Å². The number of hydrogen-bond donors (Lipinski definition) is 1. The van der Waals surface area contributed by atoms with Crippen LogP contribution in [0.25, 0.3) is 0 Å². The summed E-state index contributed by atoms with van der Waals surface area (Å²) in [4.78, 5) is 11.0. The van der Waals surface area contributed by atoms with E-state index in [0.717, 1.165) is 12.8 Å². The zero-order valence-corrected chi connectivity index (χ0v) is 14.6. The summed E-state index contributed by atoms with van der Waals surface area (Å²) in [7, 11) is 2.61. The molecule has 0 rings (SSSR count). The van der Waals surface area contributed by atoms with Crippen LogP contribution in [0.1, 0.15) is 85.5 Å². The van der Waals surface area contributed by atoms with Crippen LogP contribution in [0.4, 0.5) is 0 Å². The predicted molar refractivity (Wildman–Crippen MR) is 88.9 cm³/mol. The van der Waals surface area contributed by atoms with Crippen molar-refractivity contribution in [1.29, 1.82) is 0 Å².